The highest BCUT2D eigenvalue weighted by molar-refractivity contribution is 6.33. The van der Waals surface area contributed by atoms with E-state index in [-0.39, 0.29) is 0 Å². The first kappa shape index (κ1) is 15.6. The number of halogens is 1. The van der Waals surface area contributed by atoms with Crippen molar-refractivity contribution in [2.24, 2.45) is 0 Å². The van der Waals surface area contributed by atoms with Crippen LogP contribution in [0.4, 0.5) is 5.69 Å². The molecule has 1 N–H and O–H groups in total. The molecule has 0 bridgehead atoms. The second-order valence-electron chi connectivity index (χ2n) is 5.97. The first-order valence-electron chi connectivity index (χ1n) is 7.41. The molecule has 1 aliphatic rings. The molecule has 2 unspecified atom stereocenters. The summed E-state index contributed by atoms with van der Waals surface area (Å²) in [5.74, 6) is 0. The number of anilines is 1. The largest absolute Gasteiger partial charge is 0.366 e. The highest BCUT2D eigenvalue weighted by Crippen LogP contribution is 2.33. The van der Waals surface area contributed by atoms with E-state index < -0.39 is 0 Å². The molecule has 0 aliphatic carbocycles. The van der Waals surface area contributed by atoms with Gasteiger partial charge in [0.1, 0.15) is 0 Å². The topological polar surface area (TPSA) is 18.5 Å². The van der Waals surface area contributed by atoms with Gasteiger partial charge in [0.2, 0.25) is 0 Å². The average Bonchev–Trinajstić information content (AvgIpc) is 2.84. The molecule has 0 aromatic heterocycles. The van der Waals surface area contributed by atoms with Crippen LogP contribution in [0, 0.1) is 0 Å². The maximum atomic E-state index is 6.53. The third-order valence-corrected chi connectivity index (χ3v) is 4.47. The second-order valence-corrected chi connectivity index (χ2v) is 6.38. The lowest BCUT2D eigenvalue weighted by molar-refractivity contribution is 0.372. The fraction of sp³-hybridized carbons (Fsp3) is 0.625. The fourth-order valence-electron chi connectivity index (χ4n) is 2.96. The Morgan fingerprint density at radius 2 is 2.20 bits per heavy atom. The van der Waals surface area contributed by atoms with Crippen LogP contribution < -0.4 is 10.2 Å². The molecule has 1 aromatic carbocycles. The Morgan fingerprint density at radius 1 is 1.45 bits per heavy atom. The van der Waals surface area contributed by atoms with E-state index >= 15 is 0 Å². The zero-order valence-corrected chi connectivity index (χ0v) is 13.7. The minimum atomic E-state index is 0.331. The van der Waals surface area contributed by atoms with Crippen LogP contribution in [0.5, 0.6) is 0 Å². The lowest BCUT2D eigenvalue weighted by atomic mass is 10.1. The first-order valence-corrected chi connectivity index (χ1v) is 7.78. The summed E-state index contributed by atoms with van der Waals surface area (Å²) in [5.41, 5.74) is 2.42. The third kappa shape index (κ3) is 3.46. The molecule has 2 rings (SSSR count). The number of hydrogen-bond acceptors (Lipinski definition) is 3. The van der Waals surface area contributed by atoms with Gasteiger partial charge in [-0.05, 0) is 58.6 Å². The van der Waals surface area contributed by atoms with Crippen molar-refractivity contribution in [3.05, 3.63) is 28.8 Å². The van der Waals surface area contributed by atoms with Crippen LogP contribution in [0.25, 0.3) is 0 Å². The number of nitrogens with zero attached hydrogens (tertiary/aromatic N) is 2. The highest BCUT2D eigenvalue weighted by Gasteiger charge is 2.26. The Balaban J connectivity index is 2.19. The molecule has 20 heavy (non-hydrogen) atoms. The van der Waals surface area contributed by atoms with E-state index in [0.29, 0.717) is 12.1 Å². The number of benzene rings is 1. The quantitative estimate of drug-likeness (QED) is 0.900. The van der Waals surface area contributed by atoms with Gasteiger partial charge in [0.25, 0.3) is 0 Å². The van der Waals surface area contributed by atoms with E-state index in [0.717, 1.165) is 18.1 Å². The van der Waals surface area contributed by atoms with Gasteiger partial charge in [0.05, 0.1) is 10.7 Å². The van der Waals surface area contributed by atoms with Crippen molar-refractivity contribution in [1.82, 2.24) is 10.2 Å². The summed E-state index contributed by atoms with van der Waals surface area (Å²) in [6.45, 7) is 4.35. The molecule has 1 aromatic rings. The van der Waals surface area contributed by atoms with Gasteiger partial charge in [-0.3, -0.25) is 0 Å². The Labute approximate surface area is 127 Å². The molecule has 1 heterocycles. The number of nitrogens with one attached hydrogen (secondary N) is 1. The zero-order valence-electron chi connectivity index (χ0n) is 13.0. The van der Waals surface area contributed by atoms with Crippen molar-refractivity contribution in [3.8, 4) is 0 Å². The van der Waals surface area contributed by atoms with Gasteiger partial charge >= 0.3 is 0 Å². The minimum Gasteiger partial charge on any atom is -0.366 e. The lowest BCUT2D eigenvalue weighted by Gasteiger charge is -2.30. The summed E-state index contributed by atoms with van der Waals surface area (Å²) in [5, 5.41) is 4.12. The molecule has 4 heteroatoms. The number of hydrogen-bond donors (Lipinski definition) is 1. The summed E-state index contributed by atoms with van der Waals surface area (Å²) < 4.78 is 0. The Kier molecular flexibility index (Phi) is 5.30. The molecule has 112 valence electrons. The van der Waals surface area contributed by atoms with Crippen molar-refractivity contribution < 1.29 is 0 Å². The minimum absolute atomic E-state index is 0.331. The fourth-order valence-corrected chi connectivity index (χ4v) is 3.25. The van der Waals surface area contributed by atoms with Crippen molar-refractivity contribution in [3.63, 3.8) is 0 Å². The van der Waals surface area contributed by atoms with Gasteiger partial charge in [-0.15, -0.1) is 0 Å². The molecule has 0 saturated carbocycles. The van der Waals surface area contributed by atoms with Gasteiger partial charge in [-0.25, -0.2) is 0 Å². The molecule has 2 atom stereocenters. The van der Waals surface area contributed by atoms with Crippen molar-refractivity contribution in [2.75, 3.05) is 39.1 Å². The molecular formula is C16H26ClN3. The molecule has 1 saturated heterocycles. The maximum absolute atomic E-state index is 6.53. The van der Waals surface area contributed by atoms with Crippen LogP contribution in [-0.2, 0) is 0 Å². The smallest absolute Gasteiger partial charge is 0.0643 e. The summed E-state index contributed by atoms with van der Waals surface area (Å²) in [6, 6.07) is 7.38. The van der Waals surface area contributed by atoms with Gasteiger partial charge in [0.15, 0.2) is 0 Å². The SMILES string of the molecule is CNC(C)c1ccc(N2CCCC2CN(C)C)c(Cl)c1. The van der Waals surface area contributed by atoms with Crippen molar-refractivity contribution >= 4 is 17.3 Å². The number of likely N-dealkylation sites (N-methyl/N-ethyl adjacent to an activating group) is 1. The molecule has 0 radical (unpaired) electrons. The Bertz CT molecular complexity index is 447. The summed E-state index contributed by atoms with van der Waals surface area (Å²) in [6.07, 6.45) is 2.51. The Morgan fingerprint density at radius 3 is 2.80 bits per heavy atom. The average molecular weight is 296 g/mol. The second kappa shape index (κ2) is 6.79. The van der Waals surface area contributed by atoms with Gasteiger partial charge in [0, 0.05) is 25.2 Å². The summed E-state index contributed by atoms with van der Waals surface area (Å²) in [4.78, 5) is 4.73. The van der Waals surface area contributed by atoms with E-state index in [4.69, 9.17) is 11.6 Å². The summed E-state index contributed by atoms with van der Waals surface area (Å²) >= 11 is 6.53. The number of rotatable bonds is 5. The molecule has 0 amide bonds. The molecule has 3 nitrogen and oxygen atoms in total. The normalized spacial score (nSPS) is 20.7. The van der Waals surface area contributed by atoms with Gasteiger partial charge in [-0.1, -0.05) is 17.7 Å². The molecule has 1 fully saturated rings. The van der Waals surface area contributed by atoms with Crippen molar-refractivity contribution in [2.45, 2.75) is 31.8 Å². The van der Waals surface area contributed by atoms with E-state index in [1.54, 1.807) is 0 Å². The monoisotopic (exact) mass is 295 g/mol. The van der Waals surface area contributed by atoms with Crippen LogP contribution in [0.2, 0.25) is 5.02 Å². The molecular weight excluding hydrogens is 270 g/mol. The molecule has 0 spiro atoms. The predicted molar refractivity (Wildman–Crippen MR) is 87.8 cm³/mol. The van der Waals surface area contributed by atoms with Crippen LogP contribution in [0.1, 0.15) is 31.4 Å². The van der Waals surface area contributed by atoms with Crippen LogP contribution in [-0.4, -0.2) is 45.2 Å². The van der Waals surface area contributed by atoms with Gasteiger partial charge in [-0.2, -0.15) is 0 Å². The molecule has 1 aliphatic heterocycles. The maximum Gasteiger partial charge on any atom is 0.0643 e. The van der Waals surface area contributed by atoms with Gasteiger partial charge < -0.3 is 15.1 Å². The highest BCUT2D eigenvalue weighted by atomic mass is 35.5. The zero-order chi connectivity index (χ0) is 14.7. The van der Waals surface area contributed by atoms with Crippen LogP contribution in [0.3, 0.4) is 0 Å². The Hall–Kier alpha value is -0.770. The predicted octanol–water partition coefficient (Wildman–Crippen LogP) is 3.15. The van der Waals surface area contributed by atoms with E-state index in [1.807, 2.05) is 7.05 Å². The standard InChI is InChI=1S/C16H26ClN3/c1-12(18-2)13-7-8-16(15(17)10-13)20-9-5-6-14(20)11-19(3)4/h7-8,10,12,14,18H,5-6,9,11H2,1-4H3. The first-order chi connectivity index (χ1) is 9.52. The van der Waals surface area contributed by atoms with E-state index in [2.05, 4.69) is 54.3 Å². The van der Waals surface area contributed by atoms with Crippen molar-refractivity contribution in [1.29, 1.82) is 0 Å². The lowest BCUT2D eigenvalue weighted by Crippen LogP contribution is -2.37. The summed E-state index contributed by atoms with van der Waals surface area (Å²) in [7, 11) is 6.24. The third-order valence-electron chi connectivity index (χ3n) is 4.17. The van der Waals surface area contributed by atoms with Crippen LogP contribution in [0.15, 0.2) is 18.2 Å². The van der Waals surface area contributed by atoms with E-state index in [1.165, 1.54) is 24.1 Å². The van der Waals surface area contributed by atoms with E-state index in [9.17, 15) is 0 Å². The van der Waals surface area contributed by atoms with Crippen LogP contribution >= 0.6 is 11.6 Å².